The monoisotopic (exact) mass is 392 g/mol. The maximum Gasteiger partial charge on any atom is 0.408 e. The molecule has 0 saturated carbocycles. The van der Waals surface area contributed by atoms with Crippen LogP contribution in [-0.2, 0) is 14.6 Å². The summed E-state index contributed by atoms with van der Waals surface area (Å²) in [5, 5.41) is 1.10. The van der Waals surface area contributed by atoms with Gasteiger partial charge in [-0.1, -0.05) is 17.7 Å². The summed E-state index contributed by atoms with van der Waals surface area (Å²) >= 11 is 0. The van der Waals surface area contributed by atoms with Gasteiger partial charge in [-0.2, -0.15) is 0 Å². The summed E-state index contributed by atoms with van der Waals surface area (Å²) in [5.41, 5.74) is 0.458. The van der Waals surface area contributed by atoms with Crippen molar-refractivity contribution in [2.75, 3.05) is 7.11 Å². The Morgan fingerprint density at radius 1 is 1.11 bits per heavy atom. The molecule has 0 bridgehead atoms. The van der Waals surface area contributed by atoms with E-state index in [2.05, 4.69) is 10.3 Å². The number of nitrogens with one attached hydrogen (secondary N) is 1. The first kappa shape index (κ1) is 20.7. The molecule has 1 N–H and O–H groups in total. The highest BCUT2D eigenvalue weighted by Gasteiger charge is 2.32. The number of pyridine rings is 1. The van der Waals surface area contributed by atoms with Crippen LogP contribution >= 0.6 is 0 Å². The topological polar surface area (TPSA) is 94.6 Å². The Hall–Kier alpha value is -2.61. The number of hydrogen-bond acceptors (Lipinski definition) is 6. The first-order chi connectivity index (χ1) is 12.5. The second-order valence-electron chi connectivity index (χ2n) is 7.02. The highest BCUT2D eigenvalue weighted by Crippen LogP contribution is 2.28. The number of aromatic nitrogens is 1. The lowest BCUT2D eigenvalue weighted by Crippen LogP contribution is -2.38. The average Bonchev–Trinajstić information content (AvgIpc) is 2.58. The van der Waals surface area contributed by atoms with Gasteiger partial charge in [-0.15, -0.1) is 0 Å². The Balaban J connectivity index is 2.44. The van der Waals surface area contributed by atoms with E-state index in [-0.39, 0.29) is 4.90 Å². The first-order valence-corrected chi connectivity index (χ1v) is 9.87. The summed E-state index contributed by atoms with van der Waals surface area (Å²) in [6.07, 6.45) is 0.520. The third-order valence-electron chi connectivity index (χ3n) is 3.58. The van der Waals surface area contributed by atoms with Crippen LogP contribution in [0.1, 0.15) is 37.3 Å². The van der Waals surface area contributed by atoms with Gasteiger partial charge in [0.15, 0.2) is 5.37 Å². The zero-order valence-corrected chi connectivity index (χ0v) is 16.8. The highest BCUT2D eigenvalue weighted by atomic mass is 32.2. The lowest BCUT2D eigenvalue weighted by atomic mass is 10.2. The molecule has 1 atom stereocenters. The smallest absolute Gasteiger partial charge is 0.408 e. The fourth-order valence-electron chi connectivity index (χ4n) is 2.29. The van der Waals surface area contributed by atoms with Crippen molar-refractivity contribution in [1.29, 1.82) is 0 Å². The molecular weight excluding hydrogens is 368 g/mol. The SMILES string of the molecule is COc1ccc(C(NC(=O)OC(C)(C)C)S(=O)(=O)c2ccc(C)cc2)cn1. The van der Waals surface area contributed by atoms with Crippen LogP contribution in [0.2, 0.25) is 0 Å². The number of nitrogens with zero attached hydrogens (tertiary/aromatic N) is 1. The van der Waals surface area contributed by atoms with Gasteiger partial charge in [-0.05, 0) is 45.9 Å². The van der Waals surface area contributed by atoms with Crippen molar-refractivity contribution in [2.45, 2.75) is 43.6 Å². The number of hydrogen-bond donors (Lipinski definition) is 1. The van der Waals surface area contributed by atoms with E-state index in [1.54, 1.807) is 39.0 Å². The van der Waals surface area contributed by atoms with Crippen LogP contribution in [-0.4, -0.2) is 32.2 Å². The minimum atomic E-state index is -3.93. The van der Waals surface area contributed by atoms with E-state index >= 15 is 0 Å². The van der Waals surface area contributed by atoms with Crippen LogP contribution in [0.15, 0.2) is 47.5 Å². The Morgan fingerprint density at radius 3 is 2.22 bits per heavy atom. The van der Waals surface area contributed by atoms with Crippen molar-refractivity contribution in [2.24, 2.45) is 0 Å². The van der Waals surface area contributed by atoms with Gasteiger partial charge < -0.3 is 14.8 Å². The summed E-state index contributed by atoms with van der Waals surface area (Å²) in [7, 11) is -2.47. The quantitative estimate of drug-likeness (QED) is 0.838. The molecule has 0 fully saturated rings. The van der Waals surface area contributed by atoms with Crippen molar-refractivity contribution < 1.29 is 22.7 Å². The van der Waals surface area contributed by atoms with Gasteiger partial charge in [0.2, 0.25) is 15.7 Å². The number of benzene rings is 1. The van der Waals surface area contributed by atoms with Crippen molar-refractivity contribution in [1.82, 2.24) is 10.3 Å². The third kappa shape index (κ3) is 5.43. The number of aryl methyl sites for hydroxylation is 1. The predicted molar refractivity (Wildman–Crippen MR) is 101 cm³/mol. The molecule has 0 aliphatic rings. The van der Waals surface area contributed by atoms with Crippen LogP contribution in [0.4, 0.5) is 4.79 Å². The van der Waals surface area contributed by atoms with Gasteiger partial charge in [0.1, 0.15) is 5.60 Å². The number of carbonyl (C=O) groups excluding carboxylic acids is 1. The average molecular weight is 392 g/mol. The molecule has 8 heteroatoms. The molecule has 1 heterocycles. The van der Waals surface area contributed by atoms with E-state index < -0.39 is 26.9 Å². The van der Waals surface area contributed by atoms with Crippen molar-refractivity contribution in [3.05, 3.63) is 53.7 Å². The van der Waals surface area contributed by atoms with Crippen molar-refractivity contribution in [3.63, 3.8) is 0 Å². The van der Waals surface area contributed by atoms with Crippen LogP contribution in [0.5, 0.6) is 5.88 Å². The fraction of sp³-hybridized carbons (Fsp3) is 0.368. The van der Waals surface area contributed by atoms with E-state index in [1.807, 2.05) is 6.92 Å². The molecule has 1 amide bonds. The predicted octanol–water partition coefficient (Wildman–Crippen LogP) is 3.40. The van der Waals surface area contributed by atoms with E-state index in [9.17, 15) is 13.2 Å². The maximum absolute atomic E-state index is 13.2. The molecule has 0 aliphatic heterocycles. The minimum absolute atomic E-state index is 0.0879. The fourth-order valence-corrected chi connectivity index (χ4v) is 3.82. The van der Waals surface area contributed by atoms with Crippen LogP contribution in [0.3, 0.4) is 0 Å². The summed E-state index contributed by atoms with van der Waals surface area (Å²) in [6, 6.07) is 9.48. The molecule has 7 nitrogen and oxygen atoms in total. The molecule has 0 radical (unpaired) electrons. The molecule has 0 spiro atoms. The molecule has 1 aromatic carbocycles. The number of methoxy groups -OCH3 is 1. The number of ether oxygens (including phenoxy) is 2. The largest absolute Gasteiger partial charge is 0.481 e. The van der Waals surface area contributed by atoms with E-state index in [1.165, 1.54) is 31.5 Å². The van der Waals surface area contributed by atoms with Gasteiger partial charge in [0.05, 0.1) is 12.0 Å². The first-order valence-electron chi connectivity index (χ1n) is 8.33. The van der Waals surface area contributed by atoms with Gasteiger partial charge in [-0.25, -0.2) is 18.2 Å². The number of alkyl carbamates (subject to hydrolysis) is 1. The summed E-state index contributed by atoms with van der Waals surface area (Å²) < 4.78 is 36.6. The standard InChI is InChI=1S/C19H24N2O5S/c1-13-6-9-15(10-7-13)27(23,24)17(21-18(22)26-19(2,3)4)14-8-11-16(25-5)20-12-14/h6-12,17H,1-5H3,(H,21,22). The molecule has 1 aromatic heterocycles. The summed E-state index contributed by atoms with van der Waals surface area (Å²) in [5.74, 6) is 0.336. The van der Waals surface area contributed by atoms with E-state index in [4.69, 9.17) is 9.47 Å². The molecule has 2 aromatic rings. The van der Waals surface area contributed by atoms with E-state index in [0.717, 1.165) is 5.56 Å². The van der Waals surface area contributed by atoms with Crippen LogP contribution in [0.25, 0.3) is 0 Å². The maximum atomic E-state index is 13.2. The molecule has 0 aliphatic carbocycles. The molecule has 2 rings (SSSR count). The number of amides is 1. The molecule has 27 heavy (non-hydrogen) atoms. The summed E-state index contributed by atoms with van der Waals surface area (Å²) in [4.78, 5) is 16.4. The molecule has 146 valence electrons. The van der Waals surface area contributed by atoms with E-state index in [0.29, 0.717) is 11.4 Å². The number of sulfone groups is 1. The Bertz CT molecular complexity index is 885. The number of rotatable bonds is 5. The van der Waals surface area contributed by atoms with Crippen molar-refractivity contribution >= 4 is 15.9 Å². The Kier molecular flexibility index (Phi) is 6.10. The number of carbonyl (C=O) groups is 1. The molecular formula is C19H24N2O5S. The summed E-state index contributed by atoms with van der Waals surface area (Å²) in [6.45, 7) is 6.96. The highest BCUT2D eigenvalue weighted by molar-refractivity contribution is 7.91. The van der Waals surface area contributed by atoms with Crippen LogP contribution < -0.4 is 10.1 Å². The third-order valence-corrected chi connectivity index (χ3v) is 5.52. The lowest BCUT2D eigenvalue weighted by Gasteiger charge is -2.24. The second kappa shape index (κ2) is 7.96. The zero-order chi connectivity index (χ0) is 20.2. The minimum Gasteiger partial charge on any atom is -0.481 e. The van der Waals surface area contributed by atoms with Crippen molar-refractivity contribution in [3.8, 4) is 5.88 Å². The molecule has 1 unspecified atom stereocenters. The second-order valence-corrected chi connectivity index (χ2v) is 9.05. The van der Waals surface area contributed by atoms with Gasteiger partial charge in [-0.3, -0.25) is 0 Å². The van der Waals surface area contributed by atoms with Gasteiger partial charge >= 0.3 is 6.09 Å². The lowest BCUT2D eigenvalue weighted by molar-refractivity contribution is 0.0519. The Morgan fingerprint density at radius 2 is 1.74 bits per heavy atom. The zero-order valence-electron chi connectivity index (χ0n) is 16.0. The molecule has 0 saturated heterocycles. The Labute approximate surface area is 159 Å². The van der Waals surface area contributed by atoms with Gasteiger partial charge in [0, 0.05) is 17.8 Å². The normalized spacial score (nSPS) is 12.9. The van der Waals surface area contributed by atoms with Crippen LogP contribution in [0, 0.1) is 6.92 Å². The van der Waals surface area contributed by atoms with Gasteiger partial charge in [0.25, 0.3) is 0 Å².